The first-order valence-corrected chi connectivity index (χ1v) is 5.07. The van der Waals surface area contributed by atoms with Crippen LogP contribution in [0.2, 0.25) is 0 Å². The normalized spacial score (nSPS) is 12.0. The largest absolute Gasteiger partial charge is 0.495 e. The SMILES string of the molecule is COC(=O)C(N)c1cccc(Br)c1OC. The van der Waals surface area contributed by atoms with Crippen LogP contribution in [0.4, 0.5) is 0 Å². The van der Waals surface area contributed by atoms with E-state index in [1.54, 1.807) is 12.1 Å². The first-order chi connectivity index (χ1) is 7.11. The van der Waals surface area contributed by atoms with Gasteiger partial charge in [-0.1, -0.05) is 12.1 Å². The van der Waals surface area contributed by atoms with E-state index in [1.807, 2.05) is 6.07 Å². The minimum Gasteiger partial charge on any atom is -0.495 e. The van der Waals surface area contributed by atoms with E-state index in [9.17, 15) is 4.79 Å². The second-order valence-electron chi connectivity index (χ2n) is 2.86. The van der Waals surface area contributed by atoms with Crippen molar-refractivity contribution in [2.75, 3.05) is 14.2 Å². The lowest BCUT2D eigenvalue weighted by Crippen LogP contribution is -2.23. The molecule has 0 spiro atoms. The van der Waals surface area contributed by atoms with Crippen LogP contribution in [0.15, 0.2) is 22.7 Å². The minimum absolute atomic E-state index is 0.494. The first-order valence-electron chi connectivity index (χ1n) is 4.27. The molecule has 0 aromatic heterocycles. The zero-order valence-electron chi connectivity index (χ0n) is 8.49. The smallest absolute Gasteiger partial charge is 0.327 e. The number of methoxy groups -OCH3 is 2. The lowest BCUT2D eigenvalue weighted by atomic mass is 10.1. The lowest BCUT2D eigenvalue weighted by Gasteiger charge is -2.14. The summed E-state index contributed by atoms with van der Waals surface area (Å²) in [6.07, 6.45) is 0. The Hall–Kier alpha value is -1.07. The summed E-state index contributed by atoms with van der Waals surface area (Å²) in [6, 6.07) is 4.49. The van der Waals surface area contributed by atoms with Gasteiger partial charge in [-0.3, -0.25) is 4.79 Å². The zero-order valence-corrected chi connectivity index (χ0v) is 10.1. The van der Waals surface area contributed by atoms with E-state index in [0.717, 1.165) is 4.47 Å². The maximum Gasteiger partial charge on any atom is 0.327 e. The molecule has 1 atom stereocenters. The Morgan fingerprint density at radius 3 is 2.67 bits per heavy atom. The lowest BCUT2D eigenvalue weighted by molar-refractivity contribution is -0.142. The van der Waals surface area contributed by atoms with Crippen LogP contribution in [0.1, 0.15) is 11.6 Å². The molecule has 0 heterocycles. The molecule has 82 valence electrons. The van der Waals surface area contributed by atoms with Gasteiger partial charge in [0.1, 0.15) is 11.8 Å². The van der Waals surface area contributed by atoms with Gasteiger partial charge in [-0.15, -0.1) is 0 Å². The van der Waals surface area contributed by atoms with Gasteiger partial charge in [-0.25, -0.2) is 0 Å². The van der Waals surface area contributed by atoms with Gasteiger partial charge >= 0.3 is 5.97 Å². The molecule has 2 N–H and O–H groups in total. The third-order valence-electron chi connectivity index (χ3n) is 1.99. The van der Waals surface area contributed by atoms with Crippen LogP contribution >= 0.6 is 15.9 Å². The fourth-order valence-electron chi connectivity index (χ4n) is 1.24. The first kappa shape index (κ1) is 12.0. The second kappa shape index (κ2) is 5.14. The molecule has 15 heavy (non-hydrogen) atoms. The number of benzene rings is 1. The molecule has 0 fully saturated rings. The predicted molar refractivity (Wildman–Crippen MR) is 59.6 cm³/mol. The molecule has 0 amide bonds. The molecule has 0 aliphatic rings. The molecule has 1 aromatic carbocycles. The van der Waals surface area contributed by atoms with Gasteiger partial charge in [0.15, 0.2) is 0 Å². The van der Waals surface area contributed by atoms with Gasteiger partial charge in [0.25, 0.3) is 0 Å². The Kier molecular flexibility index (Phi) is 4.11. The number of hydrogen-bond acceptors (Lipinski definition) is 4. The third-order valence-corrected chi connectivity index (χ3v) is 2.62. The number of rotatable bonds is 3. The van der Waals surface area contributed by atoms with E-state index in [2.05, 4.69) is 20.7 Å². The number of hydrogen-bond donors (Lipinski definition) is 1. The monoisotopic (exact) mass is 273 g/mol. The number of carbonyl (C=O) groups is 1. The van der Waals surface area contributed by atoms with Crippen molar-refractivity contribution >= 4 is 21.9 Å². The molecule has 0 saturated carbocycles. The molecule has 4 nitrogen and oxygen atoms in total. The fourth-order valence-corrected chi connectivity index (χ4v) is 1.78. The Labute approximate surface area is 96.5 Å². The number of esters is 1. The summed E-state index contributed by atoms with van der Waals surface area (Å²) in [5, 5.41) is 0. The highest BCUT2D eigenvalue weighted by Gasteiger charge is 2.21. The Morgan fingerprint density at radius 1 is 1.47 bits per heavy atom. The molecule has 5 heteroatoms. The number of ether oxygens (including phenoxy) is 2. The highest BCUT2D eigenvalue weighted by molar-refractivity contribution is 9.10. The average Bonchev–Trinajstić information content (AvgIpc) is 2.26. The average molecular weight is 274 g/mol. The van der Waals surface area contributed by atoms with Crippen LogP contribution in [0, 0.1) is 0 Å². The summed E-state index contributed by atoms with van der Waals surface area (Å²) in [4.78, 5) is 11.3. The van der Waals surface area contributed by atoms with Gasteiger partial charge in [0.05, 0.1) is 18.7 Å². The van der Waals surface area contributed by atoms with Crippen molar-refractivity contribution in [1.82, 2.24) is 0 Å². The molecular weight excluding hydrogens is 262 g/mol. The molecule has 0 radical (unpaired) electrons. The number of carbonyl (C=O) groups excluding carboxylic acids is 1. The number of halogens is 1. The van der Waals surface area contributed by atoms with Crippen LogP contribution in [0.25, 0.3) is 0 Å². The van der Waals surface area contributed by atoms with Gasteiger partial charge in [0.2, 0.25) is 0 Å². The van der Waals surface area contributed by atoms with Crippen molar-refractivity contribution in [1.29, 1.82) is 0 Å². The van der Waals surface area contributed by atoms with Crippen LogP contribution in [-0.4, -0.2) is 20.2 Å². The predicted octanol–water partition coefficient (Wildman–Crippen LogP) is 1.63. The molecule has 0 bridgehead atoms. The topological polar surface area (TPSA) is 61.5 Å². The van der Waals surface area contributed by atoms with Crippen molar-refractivity contribution in [2.24, 2.45) is 5.73 Å². The van der Waals surface area contributed by atoms with Gasteiger partial charge in [-0.2, -0.15) is 0 Å². The Balaban J connectivity index is 3.13. The molecule has 1 rings (SSSR count). The van der Waals surface area contributed by atoms with E-state index < -0.39 is 12.0 Å². The van der Waals surface area contributed by atoms with Gasteiger partial charge in [0, 0.05) is 5.56 Å². The third kappa shape index (κ3) is 2.49. The van der Waals surface area contributed by atoms with Crippen LogP contribution in [-0.2, 0) is 9.53 Å². The summed E-state index contributed by atoms with van der Waals surface area (Å²) in [6.45, 7) is 0. The van der Waals surface area contributed by atoms with Crippen LogP contribution in [0.5, 0.6) is 5.75 Å². The maximum atomic E-state index is 11.3. The highest BCUT2D eigenvalue weighted by Crippen LogP contribution is 2.32. The van der Waals surface area contributed by atoms with Crippen molar-refractivity contribution in [3.63, 3.8) is 0 Å². The number of nitrogens with two attached hydrogens (primary N) is 1. The standard InChI is InChI=1S/C10H12BrNO3/c1-14-9-6(4-3-5-7(9)11)8(12)10(13)15-2/h3-5,8H,12H2,1-2H3. The molecule has 1 unspecified atom stereocenters. The quantitative estimate of drug-likeness (QED) is 0.851. The van der Waals surface area contributed by atoms with E-state index in [1.165, 1.54) is 14.2 Å². The molecule has 0 aliphatic heterocycles. The van der Waals surface area contributed by atoms with Crippen molar-refractivity contribution < 1.29 is 14.3 Å². The summed E-state index contributed by atoms with van der Waals surface area (Å²) >= 11 is 3.31. The zero-order chi connectivity index (χ0) is 11.4. The molecule has 1 aromatic rings. The van der Waals surface area contributed by atoms with Gasteiger partial charge < -0.3 is 15.2 Å². The fraction of sp³-hybridized carbons (Fsp3) is 0.300. The van der Waals surface area contributed by atoms with E-state index in [0.29, 0.717) is 11.3 Å². The Bertz CT molecular complexity index is 368. The van der Waals surface area contributed by atoms with Crippen molar-refractivity contribution in [3.05, 3.63) is 28.2 Å². The summed E-state index contributed by atoms with van der Waals surface area (Å²) < 4.78 is 10.5. The number of para-hydroxylation sites is 1. The second-order valence-corrected chi connectivity index (χ2v) is 3.72. The summed E-state index contributed by atoms with van der Waals surface area (Å²) in [5.74, 6) is 0.0572. The van der Waals surface area contributed by atoms with Crippen LogP contribution < -0.4 is 10.5 Å². The molecule has 0 aliphatic carbocycles. The van der Waals surface area contributed by atoms with Crippen molar-refractivity contribution in [3.8, 4) is 5.75 Å². The van der Waals surface area contributed by atoms with Crippen LogP contribution in [0.3, 0.4) is 0 Å². The maximum absolute atomic E-state index is 11.3. The molecule has 0 saturated heterocycles. The minimum atomic E-state index is -0.831. The summed E-state index contributed by atoms with van der Waals surface area (Å²) in [5.41, 5.74) is 6.31. The van der Waals surface area contributed by atoms with Crippen molar-refractivity contribution in [2.45, 2.75) is 6.04 Å². The van der Waals surface area contributed by atoms with E-state index in [-0.39, 0.29) is 0 Å². The van der Waals surface area contributed by atoms with E-state index in [4.69, 9.17) is 10.5 Å². The Morgan fingerprint density at radius 2 is 2.13 bits per heavy atom. The van der Waals surface area contributed by atoms with E-state index >= 15 is 0 Å². The van der Waals surface area contributed by atoms with Gasteiger partial charge in [-0.05, 0) is 22.0 Å². The highest BCUT2D eigenvalue weighted by atomic mass is 79.9. The summed E-state index contributed by atoms with van der Waals surface area (Å²) in [7, 11) is 2.82. The molecular formula is C10H12BrNO3.